The molecule has 0 unspecified atom stereocenters. The highest BCUT2D eigenvalue weighted by atomic mass is 79.9. The third kappa shape index (κ3) is 3.30. The van der Waals surface area contributed by atoms with Gasteiger partial charge in [-0.25, -0.2) is 5.43 Å². The lowest BCUT2D eigenvalue weighted by Gasteiger charge is -2.06. The third-order valence-electron chi connectivity index (χ3n) is 2.58. The highest BCUT2D eigenvalue weighted by molar-refractivity contribution is 9.10. The number of anilines is 1. The molecule has 0 atom stereocenters. The van der Waals surface area contributed by atoms with E-state index in [1.165, 1.54) is 0 Å². The minimum atomic E-state index is 0.356. The molecule has 7 heteroatoms. The normalized spacial score (nSPS) is 11.6. The van der Waals surface area contributed by atoms with Crippen LogP contribution in [0.5, 0.6) is 0 Å². The first kappa shape index (κ1) is 14.0. The van der Waals surface area contributed by atoms with Gasteiger partial charge in [0.15, 0.2) is 0 Å². The van der Waals surface area contributed by atoms with Gasteiger partial charge in [-0.1, -0.05) is 22.9 Å². The lowest BCUT2D eigenvalue weighted by Crippen LogP contribution is -2.13. The Morgan fingerprint density at radius 2 is 2.16 bits per heavy atom. The summed E-state index contributed by atoms with van der Waals surface area (Å²) in [5, 5.41) is 12.2. The van der Waals surface area contributed by atoms with Crippen LogP contribution in [0.3, 0.4) is 0 Å². The zero-order valence-corrected chi connectivity index (χ0v) is 13.0. The molecule has 0 amide bonds. The topological polar surface area (TPSA) is 66.1 Å². The second-order valence-corrected chi connectivity index (χ2v) is 5.60. The van der Waals surface area contributed by atoms with Gasteiger partial charge in [0.05, 0.1) is 5.69 Å². The molecule has 19 heavy (non-hydrogen) atoms. The van der Waals surface area contributed by atoms with Gasteiger partial charge in [0.1, 0.15) is 0 Å². The number of nitrogens with one attached hydrogen (secondary N) is 2. The zero-order chi connectivity index (χ0) is 13.8. The van der Waals surface area contributed by atoms with E-state index in [2.05, 4.69) is 30.8 Å². The fraction of sp³-hybridized carbons (Fsp3) is 0.250. The predicted octanol–water partition coefficient (Wildman–Crippen LogP) is 3.37. The Labute approximate surface area is 123 Å². The van der Waals surface area contributed by atoms with Gasteiger partial charge in [-0.05, 0) is 37.6 Å². The van der Waals surface area contributed by atoms with Crippen molar-refractivity contribution in [2.45, 2.75) is 20.3 Å². The molecule has 1 heterocycles. The first-order valence-electron chi connectivity index (χ1n) is 5.80. The zero-order valence-electron chi connectivity index (χ0n) is 10.6. The number of aromatic nitrogens is 2. The fourth-order valence-electron chi connectivity index (χ4n) is 1.39. The summed E-state index contributed by atoms with van der Waals surface area (Å²) in [7, 11) is 0. The Morgan fingerprint density at radius 3 is 2.79 bits per heavy atom. The van der Waals surface area contributed by atoms with Crippen LogP contribution in [0.15, 0.2) is 33.8 Å². The van der Waals surface area contributed by atoms with E-state index < -0.39 is 0 Å². The molecule has 0 saturated carbocycles. The first-order valence-corrected chi connectivity index (χ1v) is 7.37. The van der Waals surface area contributed by atoms with E-state index in [0.29, 0.717) is 10.7 Å². The van der Waals surface area contributed by atoms with E-state index >= 15 is 0 Å². The van der Waals surface area contributed by atoms with Crippen LogP contribution in [-0.2, 0) is 0 Å². The van der Waals surface area contributed by atoms with E-state index in [1.54, 1.807) is 4.57 Å². The molecule has 2 N–H and O–H groups in total. The Balaban J connectivity index is 2.38. The quantitative estimate of drug-likeness (QED) is 0.662. The number of benzene rings is 1. The second-order valence-electron chi connectivity index (χ2n) is 3.94. The van der Waals surface area contributed by atoms with E-state index in [4.69, 9.17) is 5.41 Å². The molecular formula is C12H14BrN5S. The van der Waals surface area contributed by atoms with Crippen LogP contribution in [0, 0.1) is 5.41 Å². The maximum atomic E-state index is 7.93. The molecule has 0 aliphatic carbocycles. The van der Waals surface area contributed by atoms with Crippen LogP contribution in [0.2, 0.25) is 0 Å². The van der Waals surface area contributed by atoms with Crippen LogP contribution < -0.4 is 10.2 Å². The number of rotatable bonds is 4. The molecule has 100 valence electrons. The molecule has 0 aliphatic rings. The predicted molar refractivity (Wildman–Crippen MR) is 82.0 cm³/mol. The summed E-state index contributed by atoms with van der Waals surface area (Å²) >= 11 is 4.52. The van der Waals surface area contributed by atoms with Crippen molar-refractivity contribution in [1.29, 1.82) is 5.41 Å². The summed E-state index contributed by atoms with van der Waals surface area (Å²) in [4.78, 5) is 0.356. The molecule has 0 saturated heterocycles. The minimum Gasteiger partial charge on any atom is -0.273 e. The van der Waals surface area contributed by atoms with Crippen molar-refractivity contribution in [3.05, 3.63) is 33.5 Å². The lowest BCUT2D eigenvalue weighted by molar-refractivity contribution is 0.956. The highest BCUT2D eigenvalue weighted by Crippen LogP contribution is 2.16. The Kier molecular flexibility index (Phi) is 4.49. The smallest absolute Gasteiger partial charge is 0.241 e. The first-order chi connectivity index (χ1) is 9.11. The number of hydrogen-bond donors (Lipinski definition) is 2. The van der Waals surface area contributed by atoms with Crippen molar-refractivity contribution >= 4 is 39.1 Å². The van der Waals surface area contributed by atoms with Crippen LogP contribution in [0.4, 0.5) is 5.95 Å². The minimum absolute atomic E-state index is 0.356. The molecule has 2 rings (SSSR count). The van der Waals surface area contributed by atoms with Crippen molar-refractivity contribution in [2.75, 3.05) is 5.43 Å². The molecule has 1 aromatic carbocycles. The molecule has 0 aliphatic heterocycles. The molecule has 1 aromatic heterocycles. The molecule has 0 radical (unpaired) electrons. The van der Waals surface area contributed by atoms with Crippen molar-refractivity contribution in [3.63, 3.8) is 0 Å². The lowest BCUT2D eigenvalue weighted by atomic mass is 10.3. The fourth-order valence-corrected chi connectivity index (χ4v) is 2.22. The number of hydrazone groups is 1. The van der Waals surface area contributed by atoms with Gasteiger partial charge in [-0.3, -0.25) is 9.98 Å². The van der Waals surface area contributed by atoms with Gasteiger partial charge in [0.25, 0.3) is 0 Å². The van der Waals surface area contributed by atoms with Crippen LogP contribution in [0.1, 0.15) is 20.3 Å². The van der Waals surface area contributed by atoms with Crippen LogP contribution >= 0.6 is 27.5 Å². The third-order valence-corrected chi connectivity index (χ3v) is 3.73. The van der Waals surface area contributed by atoms with Gasteiger partial charge < -0.3 is 0 Å². The highest BCUT2D eigenvalue weighted by Gasteiger charge is 2.08. The molecular weight excluding hydrogens is 326 g/mol. The summed E-state index contributed by atoms with van der Waals surface area (Å²) in [6.45, 7) is 3.99. The maximum Gasteiger partial charge on any atom is 0.241 e. The van der Waals surface area contributed by atoms with Crippen molar-refractivity contribution < 1.29 is 0 Å². The molecule has 0 bridgehead atoms. The van der Waals surface area contributed by atoms with Gasteiger partial charge in [0.2, 0.25) is 10.7 Å². The second kappa shape index (κ2) is 6.12. The Hall–Kier alpha value is -1.47. The van der Waals surface area contributed by atoms with Gasteiger partial charge in [-0.15, -0.1) is 0 Å². The molecule has 0 fully saturated rings. The van der Waals surface area contributed by atoms with Crippen LogP contribution in [-0.4, -0.2) is 14.7 Å². The monoisotopic (exact) mass is 339 g/mol. The molecule has 2 aromatic rings. The summed E-state index contributed by atoms with van der Waals surface area (Å²) in [5.41, 5.74) is 4.79. The van der Waals surface area contributed by atoms with Crippen molar-refractivity contribution in [1.82, 2.24) is 8.94 Å². The van der Waals surface area contributed by atoms with Gasteiger partial charge >= 0.3 is 0 Å². The van der Waals surface area contributed by atoms with E-state index in [1.807, 2.05) is 38.1 Å². The molecule has 5 nitrogen and oxygen atoms in total. The van der Waals surface area contributed by atoms with Gasteiger partial charge in [-0.2, -0.15) is 9.47 Å². The summed E-state index contributed by atoms with van der Waals surface area (Å²) in [6.07, 6.45) is 0.878. The van der Waals surface area contributed by atoms with Crippen molar-refractivity contribution in [2.24, 2.45) is 5.10 Å². The van der Waals surface area contributed by atoms with E-state index in [0.717, 1.165) is 33.8 Å². The Morgan fingerprint density at radius 1 is 1.47 bits per heavy atom. The molecule has 0 spiro atoms. The Bertz CT molecular complexity index is 641. The number of nitrogens with zero attached hydrogens (tertiary/aromatic N) is 3. The average molecular weight is 340 g/mol. The maximum absolute atomic E-state index is 7.93. The van der Waals surface area contributed by atoms with Crippen LogP contribution in [0.25, 0.3) is 5.69 Å². The van der Waals surface area contributed by atoms with Gasteiger partial charge in [0, 0.05) is 21.7 Å². The number of halogens is 1. The summed E-state index contributed by atoms with van der Waals surface area (Å²) in [5.74, 6) is 0.560. The standard InChI is InChI=1S/C12H14BrN5S/c1-3-8(2)15-16-12-17-19-11(14)18(12)10-6-4-9(13)5-7-10/h4-7,14H,3H2,1-2H3,(H,16,17)/b14-11?,15-8+. The largest absolute Gasteiger partial charge is 0.273 e. The SMILES string of the molecule is CC/C(C)=N/Nc1nsc(=N)n1-c1ccc(Br)cc1. The summed E-state index contributed by atoms with van der Waals surface area (Å²) in [6, 6.07) is 7.73. The average Bonchev–Trinajstić information content (AvgIpc) is 2.78. The van der Waals surface area contributed by atoms with Crippen molar-refractivity contribution in [3.8, 4) is 5.69 Å². The van der Waals surface area contributed by atoms with E-state index in [9.17, 15) is 0 Å². The number of hydrogen-bond acceptors (Lipinski definition) is 5. The van der Waals surface area contributed by atoms with E-state index in [-0.39, 0.29) is 0 Å². The summed E-state index contributed by atoms with van der Waals surface area (Å²) < 4.78 is 6.93.